The molecule has 1 saturated heterocycles. The molecule has 3 heterocycles. The highest BCUT2D eigenvalue weighted by molar-refractivity contribution is 5.95. The standard InChI is InChI=1S/C25H26N4O/c30-25(28-17-15-27(16-18-28)22-9-2-1-3-10-22)21-12-13-26-24(19-21)29-14-6-8-20-7-4-5-11-23(20)29/h1-5,7,9-13,19H,6,8,14-18H2. The van der Waals surface area contributed by atoms with Gasteiger partial charge in [0.1, 0.15) is 5.82 Å². The average molecular weight is 399 g/mol. The monoisotopic (exact) mass is 398 g/mol. The summed E-state index contributed by atoms with van der Waals surface area (Å²) in [5.74, 6) is 0.951. The predicted octanol–water partition coefficient (Wildman–Crippen LogP) is 4.13. The van der Waals surface area contributed by atoms with Crippen LogP contribution in [0.1, 0.15) is 22.3 Å². The van der Waals surface area contributed by atoms with Gasteiger partial charge in [-0.2, -0.15) is 0 Å². The normalized spacial score (nSPS) is 16.3. The second-order valence-electron chi connectivity index (χ2n) is 7.90. The van der Waals surface area contributed by atoms with Crippen LogP contribution in [0.5, 0.6) is 0 Å². The Morgan fingerprint density at radius 3 is 2.43 bits per heavy atom. The Balaban J connectivity index is 1.31. The van der Waals surface area contributed by atoms with Crippen molar-refractivity contribution in [1.82, 2.24) is 9.88 Å². The molecule has 0 radical (unpaired) electrons. The Kier molecular flexibility index (Phi) is 5.10. The molecule has 5 rings (SSSR count). The topological polar surface area (TPSA) is 39.7 Å². The third-order valence-corrected chi connectivity index (χ3v) is 6.07. The van der Waals surface area contributed by atoms with Crippen LogP contribution in [0.15, 0.2) is 72.9 Å². The molecule has 0 saturated carbocycles. The minimum Gasteiger partial charge on any atom is -0.368 e. The maximum absolute atomic E-state index is 13.2. The molecule has 3 aromatic rings. The molecule has 0 atom stereocenters. The zero-order chi connectivity index (χ0) is 20.3. The molecule has 1 aromatic heterocycles. The van der Waals surface area contributed by atoms with Gasteiger partial charge in [0.2, 0.25) is 0 Å². The van der Waals surface area contributed by atoms with Crippen LogP contribution in [0.25, 0.3) is 0 Å². The molecule has 5 nitrogen and oxygen atoms in total. The van der Waals surface area contributed by atoms with Gasteiger partial charge in [-0.3, -0.25) is 4.79 Å². The molecule has 5 heteroatoms. The number of carbonyl (C=O) groups excluding carboxylic acids is 1. The largest absolute Gasteiger partial charge is 0.368 e. The molecule has 2 aromatic carbocycles. The molecule has 0 aliphatic carbocycles. The molecular weight excluding hydrogens is 372 g/mol. The second-order valence-corrected chi connectivity index (χ2v) is 7.90. The molecule has 2 aliphatic heterocycles. The van der Waals surface area contributed by atoms with Crippen LogP contribution < -0.4 is 9.80 Å². The number of piperazine rings is 1. The number of hydrogen-bond acceptors (Lipinski definition) is 4. The number of aromatic nitrogens is 1. The van der Waals surface area contributed by atoms with Gasteiger partial charge in [0, 0.05) is 55.9 Å². The highest BCUT2D eigenvalue weighted by Crippen LogP contribution is 2.32. The van der Waals surface area contributed by atoms with Gasteiger partial charge in [-0.25, -0.2) is 4.98 Å². The Morgan fingerprint density at radius 2 is 1.60 bits per heavy atom. The Hall–Kier alpha value is -3.34. The molecular formula is C25H26N4O. The zero-order valence-electron chi connectivity index (χ0n) is 17.1. The van der Waals surface area contributed by atoms with Gasteiger partial charge in [-0.15, -0.1) is 0 Å². The van der Waals surface area contributed by atoms with Crippen molar-refractivity contribution in [1.29, 1.82) is 0 Å². The number of carbonyl (C=O) groups is 1. The van der Waals surface area contributed by atoms with Crippen LogP contribution in [0.3, 0.4) is 0 Å². The van der Waals surface area contributed by atoms with Gasteiger partial charge < -0.3 is 14.7 Å². The molecule has 1 fully saturated rings. The number of nitrogens with zero attached hydrogens (tertiary/aromatic N) is 4. The maximum Gasteiger partial charge on any atom is 0.254 e. The van der Waals surface area contributed by atoms with E-state index < -0.39 is 0 Å². The lowest BCUT2D eigenvalue weighted by Crippen LogP contribution is -2.48. The molecule has 0 unspecified atom stereocenters. The maximum atomic E-state index is 13.2. The lowest BCUT2D eigenvalue weighted by molar-refractivity contribution is 0.0746. The minimum atomic E-state index is 0.0941. The van der Waals surface area contributed by atoms with Crippen molar-refractivity contribution < 1.29 is 4.79 Å². The van der Waals surface area contributed by atoms with E-state index in [4.69, 9.17) is 0 Å². The first kappa shape index (κ1) is 18.7. The predicted molar refractivity (Wildman–Crippen MR) is 121 cm³/mol. The van der Waals surface area contributed by atoms with Gasteiger partial charge >= 0.3 is 0 Å². The van der Waals surface area contributed by atoms with E-state index >= 15 is 0 Å². The number of fused-ring (bicyclic) bond motifs is 1. The van der Waals surface area contributed by atoms with Crippen molar-refractivity contribution in [2.75, 3.05) is 42.5 Å². The molecule has 0 bridgehead atoms. The van der Waals surface area contributed by atoms with Gasteiger partial charge in [0.15, 0.2) is 0 Å². The quantitative estimate of drug-likeness (QED) is 0.665. The second kappa shape index (κ2) is 8.19. The summed E-state index contributed by atoms with van der Waals surface area (Å²) in [5, 5.41) is 0. The van der Waals surface area contributed by atoms with E-state index in [1.165, 1.54) is 16.9 Å². The summed E-state index contributed by atoms with van der Waals surface area (Å²) in [4.78, 5) is 24.3. The molecule has 30 heavy (non-hydrogen) atoms. The first-order chi connectivity index (χ1) is 14.8. The van der Waals surface area contributed by atoms with Gasteiger partial charge in [-0.05, 0) is 48.7 Å². The molecule has 1 amide bonds. The van der Waals surface area contributed by atoms with Crippen LogP contribution in [-0.2, 0) is 6.42 Å². The zero-order valence-corrected chi connectivity index (χ0v) is 17.1. The van der Waals surface area contributed by atoms with Crippen LogP contribution in [0.2, 0.25) is 0 Å². The summed E-state index contributed by atoms with van der Waals surface area (Å²) >= 11 is 0. The first-order valence-electron chi connectivity index (χ1n) is 10.7. The average Bonchev–Trinajstić information content (AvgIpc) is 2.84. The lowest BCUT2D eigenvalue weighted by atomic mass is 10.0. The number of hydrogen-bond donors (Lipinski definition) is 0. The molecule has 0 N–H and O–H groups in total. The summed E-state index contributed by atoms with van der Waals surface area (Å²) in [7, 11) is 0. The van der Waals surface area contributed by atoms with Gasteiger partial charge in [0.05, 0.1) is 0 Å². The minimum absolute atomic E-state index is 0.0941. The summed E-state index contributed by atoms with van der Waals surface area (Å²) in [6.07, 6.45) is 3.95. The summed E-state index contributed by atoms with van der Waals surface area (Å²) in [6.45, 7) is 4.10. The van der Waals surface area contributed by atoms with Crippen molar-refractivity contribution in [3.63, 3.8) is 0 Å². The van der Waals surface area contributed by atoms with Crippen molar-refractivity contribution >= 4 is 23.1 Å². The van der Waals surface area contributed by atoms with Crippen LogP contribution in [-0.4, -0.2) is 48.5 Å². The van der Waals surface area contributed by atoms with Crippen LogP contribution in [0.4, 0.5) is 17.2 Å². The number of aryl methyl sites for hydroxylation is 1. The van der Waals surface area contributed by atoms with E-state index in [9.17, 15) is 4.79 Å². The fourth-order valence-corrected chi connectivity index (χ4v) is 4.46. The van der Waals surface area contributed by atoms with Crippen molar-refractivity contribution in [3.8, 4) is 0 Å². The van der Waals surface area contributed by atoms with E-state index in [-0.39, 0.29) is 5.91 Å². The number of amides is 1. The molecule has 0 spiro atoms. The van der Waals surface area contributed by atoms with Crippen molar-refractivity contribution in [2.45, 2.75) is 12.8 Å². The van der Waals surface area contributed by atoms with Gasteiger partial charge in [0.25, 0.3) is 5.91 Å². The Labute approximate surface area is 177 Å². The SMILES string of the molecule is O=C(c1ccnc(N2CCCc3ccccc32)c1)N1CCN(c2ccccc2)CC1. The van der Waals surface area contributed by atoms with Crippen LogP contribution in [0, 0.1) is 0 Å². The summed E-state index contributed by atoms with van der Waals surface area (Å²) in [5.41, 5.74) is 4.49. The first-order valence-corrected chi connectivity index (χ1v) is 10.7. The summed E-state index contributed by atoms with van der Waals surface area (Å²) < 4.78 is 0. The van der Waals surface area contributed by atoms with E-state index in [1.807, 2.05) is 23.1 Å². The number of pyridine rings is 1. The third kappa shape index (κ3) is 3.63. The van der Waals surface area contributed by atoms with Crippen LogP contribution >= 0.6 is 0 Å². The number of anilines is 3. The molecule has 152 valence electrons. The molecule has 2 aliphatic rings. The summed E-state index contributed by atoms with van der Waals surface area (Å²) in [6, 6.07) is 22.7. The number of benzene rings is 2. The van der Waals surface area contributed by atoms with E-state index in [0.29, 0.717) is 0 Å². The van der Waals surface area contributed by atoms with E-state index in [0.717, 1.165) is 56.9 Å². The smallest absolute Gasteiger partial charge is 0.254 e. The fraction of sp³-hybridized carbons (Fsp3) is 0.280. The number of para-hydroxylation sites is 2. The highest BCUT2D eigenvalue weighted by Gasteiger charge is 2.24. The highest BCUT2D eigenvalue weighted by atomic mass is 16.2. The van der Waals surface area contributed by atoms with Gasteiger partial charge in [-0.1, -0.05) is 36.4 Å². The lowest BCUT2D eigenvalue weighted by Gasteiger charge is -2.36. The third-order valence-electron chi connectivity index (χ3n) is 6.07. The van der Waals surface area contributed by atoms with E-state index in [1.54, 1.807) is 6.20 Å². The Bertz CT molecular complexity index is 1030. The van der Waals surface area contributed by atoms with Crippen molar-refractivity contribution in [2.24, 2.45) is 0 Å². The Morgan fingerprint density at radius 1 is 0.833 bits per heavy atom. The number of rotatable bonds is 3. The van der Waals surface area contributed by atoms with Crippen molar-refractivity contribution in [3.05, 3.63) is 84.1 Å². The fourth-order valence-electron chi connectivity index (χ4n) is 4.46. The van der Waals surface area contributed by atoms with E-state index in [2.05, 4.69) is 63.3 Å².